The van der Waals surface area contributed by atoms with Crippen molar-refractivity contribution in [3.8, 4) is 17.1 Å². The van der Waals surface area contributed by atoms with Crippen molar-refractivity contribution in [2.24, 2.45) is 0 Å². The number of rotatable bonds is 4. The van der Waals surface area contributed by atoms with Crippen molar-refractivity contribution in [2.75, 3.05) is 0 Å². The highest BCUT2D eigenvalue weighted by Crippen LogP contribution is 2.19. The van der Waals surface area contributed by atoms with Crippen LogP contribution >= 0.6 is 0 Å². The van der Waals surface area contributed by atoms with Gasteiger partial charge >= 0.3 is 0 Å². The molecule has 0 aliphatic rings. The molecule has 0 spiro atoms. The number of hydrogen-bond acceptors (Lipinski definition) is 5. The molecule has 6 nitrogen and oxygen atoms in total. The zero-order valence-electron chi connectivity index (χ0n) is 10.6. The van der Waals surface area contributed by atoms with E-state index in [0.717, 1.165) is 12.1 Å². The van der Waals surface area contributed by atoms with Gasteiger partial charge in [0, 0.05) is 17.8 Å². The van der Waals surface area contributed by atoms with Crippen LogP contribution in [-0.2, 0) is 6.61 Å². The van der Waals surface area contributed by atoms with Crippen LogP contribution < -0.4 is 4.74 Å². The van der Waals surface area contributed by atoms with Crippen LogP contribution in [0.25, 0.3) is 11.4 Å². The number of tetrazole rings is 1. The SMILES string of the molecule is Fc1ccc(OCc2ccc(-c3nn[nH]n3)cn2)c(F)c1. The standard InChI is InChI=1S/C13H9F2N5O/c14-9-2-4-12(11(15)5-9)21-7-10-3-1-8(6-16-10)13-17-19-20-18-13/h1-6H,7H2,(H,17,18,19,20). The maximum Gasteiger partial charge on any atom is 0.206 e. The van der Waals surface area contributed by atoms with Gasteiger partial charge in [0.15, 0.2) is 11.6 Å². The van der Waals surface area contributed by atoms with Crippen molar-refractivity contribution in [1.29, 1.82) is 0 Å². The Morgan fingerprint density at radius 3 is 2.71 bits per heavy atom. The molecule has 3 aromatic rings. The highest BCUT2D eigenvalue weighted by molar-refractivity contribution is 5.51. The van der Waals surface area contributed by atoms with E-state index in [4.69, 9.17) is 4.74 Å². The number of hydrogen-bond donors (Lipinski definition) is 1. The first-order chi connectivity index (χ1) is 10.2. The van der Waals surface area contributed by atoms with Crippen LogP contribution in [0.5, 0.6) is 5.75 Å². The third kappa shape index (κ3) is 2.99. The van der Waals surface area contributed by atoms with Crippen LogP contribution in [0.2, 0.25) is 0 Å². The number of aromatic amines is 1. The summed E-state index contributed by atoms with van der Waals surface area (Å²) in [4.78, 5) is 4.15. The van der Waals surface area contributed by atoms with E-state index in [2.05, 4.69) is 25.6 Å². The van der Waals surface area contributed by atoms with Gasteiger partial charge in [0.1, 0.15) is 12.4 Å². The smallest absolute Gasteiger partial charge is 0.206 e. The summed E-state index contributed by atoms with van der Waals surface area (Å²) in [6.07, 6.45) is 1.56. The van der Waals surface area contributed by atoms with E-state index in [1.807, 2.05) is 0 Å². The number of halogens is 2. The Balaban J connectivity index is 1.68. The molecule has 2 aromatic heterocycles. The van der Waals surface area contributed by atoms with Crippen molar-refractivity contribution >= 4 is 0 Å². The molecular formula is C13H9F2N5O. The second-order valence-electron chi connectivity index (χ2n) is 4.14. The average molecular weight is 289 g/mol. The summed E-state index contributed by atoms with van der Waals surface area (Å²) in [5, 5.41) is 13.4. The Morgan fingerprint density at radius 2 is 2.05 bits per heavy atom. The molecule has 106 valence electrons. The summed E-state index contributed by atoms with van der Waals surface area (Å²) in [6, 6.07) is 6.58. The maximum atomic E-state index is 13.4. The minimum atomic E-state index is -0.751. The number of pyridine rings is 1. The Labute approximate surface area is 117 Å². The molecule has 0 saturated heterocycles. The quantitative estimate of drug-likeness (QED) is 0.796. The van der Waals surface area contributed by atoms with Gasteiger partial charge in [-0.05, 0) is 29.5 Å². The minimum absolute atomic E-state index is 0.0274. The van der Waals surface area contributed by atoms with Gasteiger partial charge < -0.3 is 4.74 Å². The lowest BCUT2D eigenvalue weighted by molar-refractivity contribution is 0.285. The summed E-state index contributed by atoms with van der Waals surface area (Å²) in [7, 11) is 0. The molecule has 2 heterocycles. The monoisotopic (exact) mass is 289 g/mol. The van der Waals surface area contributed by atoms with Crippen LogP contribution in [0.1, 0.15) is 5.69 Å². The van der Waals surface area contributed by atoms with Gasteiger partial charge in [-0.1, -0.05) is 0 Å². The Hall–Kier alpha value is -2.90. The molecule has 0 amide bonds. The number of nitrogens with one attached hydrogen (secondary N) is 1. The lowest BCUT2D eigenvalue weighted by Crippen LogP contribution is -2.00. The fourth-order valence-electron chi connectivity index (χ4n) is 1.67. The largest absolute Gasteiger partial charge is 0.484 e. The molecule has 0 fully saturated rings. The first kappa shape index (κ1) is 13.1. The zero-order chi connectivity index (χ0) is 14.7. The third-order valence-corrected chi connectivity index (χ3v) is 2.70. The van der Waals surface area contributed by atoms with Gasteiger partial charge in [-0.2, -0.15) is 5.21 Å². The van der Waals surface area contributed by atoms with Crippen LogP contribution in [-0.4, -0.2) is 25.6 Å². The normalized spacial score (nSPS) is 10.6. The molecule has 0 atom stereocenters. The van der Waals surface area contributed by atoms with E-state index in [9.17, 15) is 8.78 Å². The predicted molar refractivity (Wildman–Crippen MR) is 68.1 cm³/mol. The topological polar surface area (TPSA) is 76.6 Å². The summed E-state index contributed by atoms with van der Waals surface area (Å²) in [5.74, 6) is -0.999. The van der Waals surface area contributed by atoms with Gasteiger partial charge in [-0.15, -0.1) is 10.2 Å². The van der Waals surface area contributed by atoms with E-state index in [0.29, 0.717) is 17.1 Å². The molecular weight excluding hydrogens is 280 g/mol. The molecule has 0 aliphatic carbocycles. The molecule has 1 aromatic carbocycles. The van der Waals surface area contributed by atoms with E-state index >= 15 is 0 Å². The first-order valence-electron chi connectivity index (χ1n) is 5.99. The molecule has 8 heteroatoms. The van der Waals surface area contributed by atoms with E-state index < -0.39 is 11.6 Å². The number of nitrogens with zero attached hydrogens (tertiary/aromatic N) is 4. The lowest BCUT2D eigenvalue weighted by atomic mass is 10.2. The first-order valence-corrected chi connectivity index (χ1v) is 5.99. The van der Waals surface area contributed by atoms with Gasteiger partial charge in [0.05, 0.1) is 5.69 Å². The van der Waals surface area contributed by atoms with Crippen LogP contribution in [0.3, 0.4) is 0 Å². The summed E-state index contributed by atoms with van der Waals surface area (Å²) in [6.45, 7) is 0.0646. The van der Waals surface area contributed by atoms with E-state index in [-0.39, 0.29) is 12.4 Å². The van der Waals surface area contributed by atoms with E-state index in [1.54, 1.807) is 18.3 Å². The van der Waals surface area contributed by atoms with Crippen molar-refractivity contribution in [3.05, 3.63) is 53.9 Å². The summed E-state index contributed by atoms with van der Waals surface area (Å²) in [5.41, 5.74) is 1.28. The second kappa shape index (κ2) is 5.61. The second-order valence-corrected chi connectivity index (χ2v) is 4.14. The zero-order valence-corrected chi connectivity index (χ0v) is 10.6. The Kier molecular flexibility index (Phi) is 3.50. The van der Waals surface area contributed by atoms with E-state index in [1.165, 1.54) is 6.07 Å². The van der Waals surface area contributed by atoms with Crippen molar-refractivity contribution in [2.45, 2.75) is 6.61 Å². The summed E-state index contributed by atoms with van der Waals surface area (Å²) >= 11 is 0. The molecule has 0 radical (unpaired) electrons. The van der Waals surface area contributed by atoms with Crippen LogP contribution in [0.15, 0.2) is 36.5 Å². The Bertz CT molecular complexity index is 731. The highest BCUT2D eigenvalue weighted by Gasteiger charge is 2.07. The Morgan fingerprint density at radius 1 is 1.14 bits per heavy atom. The number of ether oxygens (including phenoxy) is 1. The van der Waals surface area contributed by atoms with Crippen LogP contribution in [0, 0.1) is 11.6 Å². The minimum Gasteiger partial charge on any atom is -0.484 e. The van der Waals surface area contributed by atoms with Gasteiger partial charge in [-0.25, -0.2) is 8.78 Å². The molecule has 0 unspecified atom stereocenters. The molecule has 3 rings (SSSR count). The fraction of sp³-hybridized carbons (Fsp3) is 0.0769. The van der Waals surface area contributed by atoms with Crippen LogP contribution in [0.4, 0.5) is 8.78 Å². The average Bonchev–Trinajstić information content (AvgIpc) is 3.01. The molecule has 21 heavy (non-hydrogen) atoms. The number of benzene rings is 1. The van der Waals surface area contributed by atoms with Crippen molar-refractivity contribution < 1.29 is 13.5 Å². The third-order valence-electron chi connectivity index (χ3n) is 2.70. The molecule has 0 bridgehead atoms. The fourth-order valence-corrected chi connectivity index (χ4v) is 1.67. The van der Waals surface area contributed by atoms with Gasteiger partial charge in [-0.3, -0.25) is 4.98 Å². The maximum absolute atomic E-state index is 13.4. The number of H-pyrrole nitrogens is 1. The predicted octanol–water partition coefficient (Wildman–Crippen LogP) is 2.12. The van der Waals surface area contributed by atoms with Gasteiger partial charge in [0.2, 0.25) is 5.82 Å². The molecule has 0 saturated carbocycles. The highest BCUT2D eigenvalue weighted by atomic mass is 19.1. The number of aromatic nitrogens is 5. The summed E-state index contributed by atoms with van der Waals surface area (Å²) < 4.78 is 31.4. The van der Waals surface area contributed by atoms with Crippen molar-refractivity contribution in [1.82, 2.24) is 25.6 Å². The van der Waals surface area contributed by atoms with Crippen molar-refractivity contribution in [3.63, 3.8) is 0 Å². The van der Waals surface area contributed by atoms with Gasteiger partial charge in [0.25, 0.3) is 0 Å². The molecule has 1 N–H and O–H groups in total. The molecule has 0 aliphatic heterocycles. The lowest BCUT2D eigenvalue weighted by Gasteiger charge is -2.07.